The van der Waals surface area contributed by atoms with Crippen LogP contribution in [0.3, 0.4) is 0 Å². The fraction of sp³-hybridized carbons (Fsp3) is 0.667. The second-order valence-electron chi connectivity index (χ2n) is 7.00. The molecule has 0 heterocycles. The molecule has 1 fully saturated rings. The van der Waals surface area contributed by atoms with Crippen LogP contribution in [0, 0.1) is 11.3 Å². The molecule has 0 saturated heterocycles. The summed E-state index contributed by atoms with van der Waals surface area (Å²) in [5, 5.41) is 0.857. The van der Waals surface area contributed by atoms with Gasteiger partial charge in [0.05, 0.1) is 0 Å². The van der Waals surface area contributed by atoms with E-state index in [1.54, 1.807) is 0 Å². The molecule has 0 radical (unpaired) electrons. The Morgan fingerprint density at radius 1 is 1.33 bits per heavy atom. The molecule has 1 atom stereocenters. The summed E-state index contributed by atoms with van der Waals surface area (Å²) in [6.45, 7) is 6.44. The minimum Gasteiger partial charge on any atom is -0.330 e. The molecule has 2 N–H and O–H groups in total. The lowest BCUT2D eigenvalue weighted by atomic mass is 9.70. The molecule has 0 bridgehead atoms. The second-order valence-corrected chi connectivity index (χ2v) is 7.41. The Labute approximate surface area is 134 Å². The third-order valence-corrected chi connectivity index (χ3v) is 5.71. The highest BCUT2D eigenvalue weighted by Crippen LogP contribution is 2.40. The summed E-state index contributed by atoms with van der Waals surface area (Å²) < 4.78 is 0. The Balaban J connectivity index is 2.06. The van der Waals surface area contributed by atoms with Gasteiger partial charge in [-0.05, 0) is 56.3 Å². The lowest BCUT2D eigenvalue weighted by Crippen LogP contribution is -2.44. The molecule has 1 aromatic carbocycles. The molecule has 1 aliphatic carbocycles. The van der Waals surface area contributed by atoms with Gasteiger partial charge in [0.1, 0.15) is 0 Å². The quantitative estimate of drug-likeness (QED) is 0.868. The maximum absolute atomic E-state index is 6.34. The zero-order valence-electron chi connectivity index (χ0n) is 13.6. The average Bonchev–Trinajstić information content (AvgIpc) is 2.49. The van der Waals surface area contributed by atoms with E-state index in [-0.39, 0.29) is 5.41 Å². The van der Waals surface area contributed by atoms with E-state index >= 15 is 0 Å². The van der Waals surface area contributed by atoms with Gasteiger partial charge in [0, 0.05) is 17.6 Å². The molecule has 0 aliphatic heterocycles. The molecule has 1 unspecified atom stereocenters. The van der Waals surface area contributed by atoms with Crippen molar-refractivity contribution in [1.29, 1.82) is 0 Å². The monoisotopic (exact) mass is 308 g/mol. The van der Waals surface area contributed by atoms with Crippen molar-refractivity contribution < 1.29 is 0 Å². The van der Waals surface area contributed by atoms with Crippen molar-refractivity contribution in [3.63, 3.8) is 0 Å². The molecule has 1 aliphatic rings. The molecule has 2 rings (SSSR count). The van der Waals surface area contributed by atoms with Crippen LogP contribution in [0.25, 0.3) is 0 Å². The fourth-order valence-corrected chi connectivity index (χ4v) is 3.81. The van der Waals surface area contributed by atoms with E-state index in [0.717, 1.165) is 24.0 Å². The van der Waals surface area contributed by atoms with Crippen LogP contribution in [0.5, 0.6) is 0 Å². The maximum Gasteiger partial charge on any atom is 0.0453 e. The molecule has 3 heteroatoms. The van der Waals surface area contributed by atoms with Crippen molar-refractivity contribution in [3.8, 4) is 0 Å². The van der Waals surface area contributed by atoms with Crippen LogP contribution in [0.1, 0.15) is 51.1 Å². The Morgan fingerprint density at radius 2 is 1.95 bits per heavy atom. The largest absolute Gasteiger partial charge is 0.330 e. The molecule has 0 amide bonds. The van der Waals surface area contributed by atoms with Crippen LogP contribution in [0.4, 0.5) is 0 Å². The molecule has 1 aromatic rings. The number of rotatable bonds is 5. The Hall–Kier alpha value is -0.570. The van der Waals surface area contributed by atoms with Gasteiger partial charge >= 0.3 is 0 Å². The van der Waals surface area contributed by atoms with Crippen LogP contribution in [-0.4, -0.2) is 25.0 Å². The van der Waals surface area contributed by atoms with Crippen molar-refractivity contribution in [1.82, 2.24) is 4.90 Å². The fourth-order valence-electron chi connectivity index (χ4n) is 3.52. The second kappa shape index (κ2) is 7.13. The van der Waals surface area contributed by atoms with Crippen molar-refractivity contribution in [2.24, 2.45) is 17.1 Å². The van der Waals surface area contributed by atoms with Crippen LogP contribution < -0.4 is 5.73 Å². The highest BCUT2D eigenvalue weighted by Gasteiger charge is 2.35. The van der Waals surface area contributed by atoms with E-state index in [0.29, 0.717) is 6.04 Å². The summed E-state index contributed by atoms with van der Waals surface area (Å²) in [5.74, 6) is 0.857. The minimum absolute atomic E-state index is 0.288. The van der Waals surface area contributed by atoms with Gasteiger partial charge in [-0.1, -0.05) is 49.6 Å². The predicted octanol–water partition coefficient (Wildman–Crippen LogP) is 4.49. The highest BCUT2D eigenvalue weighted by atomic mass is 35.5. The first-order valence-electron chi connectivity index (χ1n) is 8.12. The van der Waals surface area contributed by atoms with E-state index in [4.69, 9.17) is 17.3 Å². The van der Waals surface area contributed by atoms with Crippen LogP contribution in [-0.2, 0) is 0 Å². The van der Waals surface area contributed by atoms with E-state index in [9.17, 15) is 0 Å². The Kier molecular flexibility index (Phi) is 5.70. The molecule has 21 heavy (non-hydrogen) atoms. The lowest BCUT2D eigenvalue weighted by molar-refractivity contribution is 0.0901. The SMILES string of the molecule is CC1CCC(CN)(CN(C)C(C)c2ccccc2Cl)CC1. The number of benzene rings is 1. The Bertz CT molecular complexity index is 452. The molecule has 0 spiro atoms. The van der Waals surface area contributed by atoms with Crippen molar-refractivity contribution in [3.05, 3.63) is 34.9 Å². The maximum atomic E-state index is 6.34. The van der Waals surface area contributed by atoms with Crippen molar-refractivity contribution in [2.75, 3.05) is 20.1 Å². The summed E-state index contributed by atoms with van der Waals surface area (Å²) in [7, 11) is 2.20. The number of nitrogens with zero attached hydrogens (tertiary/aromatic N) is 1. The van der Waals surface area contributed by atoms with Gasteiger partial charge in [-0.25, -0.2) is 0 Å². The molecule has 0 aromatic heterocycles. The first-order valence-corrected chi connectivity index (χ1v) is 8.50. The van der Waals surface area contributed by atoms with E-state index in [2.05, 4.69) is 37.9 Å². The normalized spacial score (nSPS) is 27.8. The summed E-state index contributed by atoms with van der Waals surface area (Å²) in [4.78, 5) is 2.42. The third-order valence-electron chi connectivity index (χ3n) is 5.37. The van der Waals surface area contributed by atoms with Crippen molar-refractivity contribution >= 4 is 11.6 Å². The summed E-state index contributed by atoms with van der Waals surface area (Å²) in [6, 6.07) is 8.47. The van der Waals surface area contributed by atoms with Crippen LogP contribution in [0.2, 0.25) is 5.02 Å². The zero-order valence-corrected chi connectivity index (χ0v) is 14.4. The smallest absolute Gasteiger partial charge is 0.0453 e. The summed E-state index contributed by atoms with van der Waals surface area (Å²) in [6.07, 6.45) is 5.13. The minimum atomic E-state index is 0.288. The van der Waals surface area contributed by atoms with Gasteiger partial charge in [0.15, 0.2) is 0 Å². The molecular weight excluding hydrogens is 280 g/mol. The van der Waals surface area contributed by atoms with Crippen LogP contribution in [0.15, 0.2) is 24.3 Å². The van der Waals surface area contributed by atoms with Gasteiger partial charge in [0.2, 0.25) is 0 Å². The summed E-state index contributed by atoms with van der Waals surface area (Å²) in [5.41, 5.74) is 7.64. The van der Waals surface area contributed by atoms with Gasteiger partial charge < -0.3 is 5.73 Å². The molecular formula is C18H29ClN2. The molecule has 2 nitrogen and oxygen atoms in total. The lowest BCUT2D eigenvalue weighted by Gasteiger charge is -2.42. The van der Waals surface area contributed by atoms with Gasteiger partial charge in [-0.2, -0.15) is 0 Å². The van der Waals surface area contributed by atoms with E-state index < -0.39 is 0 Å². The molecule has 1 saturated carbocycles. The number of halogens is 1. The van der Waals surface area contributed by atoms with Gasteiger partial charge in [-0.15, -0.1) is 0 Å². The molecule has 118 valence electrons. The highest BCUT2D eigenvalue weighted by molar-refractivity contribution is 6.31. The van der Waals surface area contributed by atoms with Crippen LogP contribution >= 0.6 is 11.6 Å². The van der Waals surface area contributed by atoms with E-state index in [1.165, 1.54) is 31.2 Å². The van der Waals surface area contributed by atoms with E-state index in [1.807, 2.05) is 12.1 Å². The van der Waals surface area contributed by atoms with Gasteiger partial charge in [0.25, 0.3) is 0 Å². The predicted molar refractivity (Wildman–Crippen MR) is 91.6 cm³/mol. The number of nitrogens with two attached hydrogens (primary N) is 1. The standard InChI is InChI=1S/C18H29ClN2/c1-14-8-10-18(12-20,11-9-14)13-21(3)15(2)16-6-4-5-7-17(16)19/h4-7,14-15H,8-13,20H2,1-3H3. The topological polar surface area (TPSA) is 29.3 Å². The number of hydrogen-bond acceptors (Lipinski definition) is 2. The zero-order chi connectivity index (χ0) is 15.5. The number of hydrogen-bond donors (Lipinski definition) is 1. The van der Waals surface area contributed by atoms with Gasteiger partial charge in [-0.3, -0.25) is 4.90 Å². The first-order chi connectivity index (χ1) is 9.97. The first kappa shape index (κ1) is 16.8. The Morgan fingerprint density at radius 3 is 2.52 bits per heavy atom. The summed E-state index contributed by atoms with van der Waals surface area (Å²) >= 11 is 6.34. The van der Waals surface area contributed by atoms with Crippen molar-refractivity contribution in [2.45, 2.75) is 45.6 Å². The average molecular weight is 309 g/mol. The third kappa shape index (κ3) is 4.00.